The lowest BCUT2D eigenvalue weighted by Gasteiger charge is -2.23. The maximum atomic E-state index is 12.7. The van der Waals surface area contributed by atoms with E-state index in [1.165, 1.54) is 11.3 Å². The van der Waals surface area contributed by atoms with Gasteiger partial charge >= 0.3 is 6.09 Å². The quantitative estimate of drug-likeness (QED) is 0.840. The van der Waals surface area contributed by atoms with Crippen molar-refractivity contribution in [3.63, 3.8) is 0 Å². The first kappa shape index (κ1) is 17.2. The molecule has 0 aliphatic carbocycles. The van der Waals surface area contributed by atoms with Crippen molar-refractivity contribution in [2.24, 2.45) is 0 Å². The first-order chi connectivity index (χ1) is 10.8. The van der Waals surface area contributed by atoms with Crippen molar-refractivity contribution < 1.29 is 14.3 Å². The molecule has 122 valence electrons. The van der Waals surface area contributed by atoms with Gasteiger partial charge in [0, 0.05) is 6.42 Å². The molecule has 1 atom stereocenters. The summed E-state index contributed by atoms with van der Waals surface area (Å²) in [5.41, 5.74) is 0.381. The van der Waals surface area contributed by atoms with Crippen molar-refractivity contribution in [2.75, 3.05) is 0 Å². The Kier molecular flexibility index (Phi) is 5.55. The largest absolute Gasteiger partial charge is 0.444 e. The van der Waals surface area contributed by atoms with Crippen LogP contribution in [0.2, 0.25) is 0 Å². The number of carbonyl (C=O) groups excluding carboxylic acids is 2. The monoisotopic (exact) mass is 331 g/mol. The minimum absolute atomic E-state index is 0.102. The molecule has 0 saturated heterocycles. The Morgan fingerprint density at radius 3 is 2.39 bits per heavy atom. The number of amides is 1. The van der Waals surface area contributed by atoms with Crippen LogP contribution in [0.5, 0.6) is 0 Å². The number of rotatable bonds is 5. The van der Waals surface area contributed by atoms with Crippen molar-refractivity contribution in [1.29, 1.82) is 0 Å². The number of nitrogens with one attached hydrogen (secondary N) is 1. The first-order valence-corrected chi connectivity index (χ1v) is 8.34. The Hall–Kier alpha value is -2.14. The highest BCUT2D eigenvalue weighted by Crippen LogP contribution is 2.15. The molecule has 2 aromatic rings. The molecule has 0 unspecified atom stereocenters. The molecule has 23 heavy (non-hydrogen) atoms. The number of thiophene rings is 1. The zero-order valence-electron chi connectivity index (χ0n) is 13.5. The van der Waals surface area contributed by atoms with Crippen molar-refractivity contribution in [1.82, 2.24) is 5.32 Å². The fourth-order valence-electron chi connectivity index (χ4n) is 2.10. The summed E-state index contributed by atoms with van der Waals surface area (Å²) in [7, 11) is 0. The standard InChI is InChI=1S/C18H21NO3S/c1-18(2,3)22-17(21)19-14(12-13-8-5-4-6-9-13)16(20)15-10-7-11-23-15/h4-11,14H,12H2,1-3H3,(H,19,21)/t14-/m0/s1. The zero-order valence-corrected chi connectivity index (χ0v) is 14.4. The number of hydrogen-bond donors (Lipinski definition) is 1. The molecule has 1 aromatic heterocycles. The fourth-order valence-corrected chi connectivity index (χ4v) is 2.82. The smallest absolute Gasteiger partial charge is 0.408 e. The number of carbonyl (C=O) groups is 2. The Bertz CT molecular complexity index is 645. The molecule has 0 aliphatic rings. The minimum Gasteiger partial charge on any atom is -0.444 e. The van der Waals surface area contributed by atoms with Crippen LogP contribution in [-0.2, 0) is 11.2 Å². The topological polar surface area (TPSA) is 55.4 Å². The van der Waals surface area contributed by atoms with Gasteiger partial charge < -0.3 is 10.1 Å². The van der Waals surface area contributed by atoms with Gasteiger partial charge in [0.25, 0.3) is 0 Å². The summed E-state index contributed by atoms with van der Waals surface area (Å²) in [6.45, 7) is 5.37. The molecule has 0 aliphatic heterocycles. The molecule has 1 N–H and O–H groups in total. The molecule has 0 spiro atoms. The SMILES string of the molecule is CC(C)(C)OC(=O)N[C@@H](Cc1ccccc1)C(=O)c1cccs1. The van der Waals surface area contributed by atoms with Gasteiger partial charge in [0.1, 0.15) is 11.6 Å². The van der Waals surface area contributed by atoms with Gasteiger partial charge in [-0.2, -0.15) is 0 Å². The summed E-state index contributed by atoms with van der Waals surface area (Å²) in [4.78, 5) is 25.3. The molecule has 2 rings (SSSR count). The summed E-state index contributed by atoms with van der Waals surface area (Å²) in [5, 5.41) is 4.55. The number of ether oxygens (including phenoxy) is 1. The van der Waals surface area contributed by atoms with Crippen LogP contribution >= 0.6 is 11.3 Å². The lowest BCUT2D eigenvalue weighted by atomic mass is 10.0. The lowest BCUT2D eigenvalue weighted by molar-refractivity contribution is 0.0492. The van der Waals surface area contributed by atoms with E-state index in [0.717, 1.165) is 5.56 Å². The Morgan fingerprint density at radius 1 is 1.13 bits per heavy atom. The molecule has 1 amide bonds. The van der Waals surface area contributed by atoms with Gasteiger partial charge in [0.05, 0.1) is 4.88 Å². The van der Waals surface area contributed by atoms with Crippen molar-refractivity contribution in [3.05, 3.63) is 58.3 Å². The Labute approximate surface area is 140 Å². The average Bonchev–Trinajstić information content (AvgIpc) is 2.99. The molecular formula is C18H21NO3S. The van der Waals surface area contributed by atoms with Gasteiger partial charge in [-0.15, -0.1) is 11.3 Å². The number of benzene rings is 1. The highest BCUT2D eigenvalue weighted by Gasteiger charge is 2.26. The average molecular weight is 331 g/mol. The minimum atomic E-state index is -0.647. The summed E-state index contributed by atoms with van der Waals surface area (Å²) < 4.78 is 5.27. The van der Waals surface area contributed by atoms with Crippen LogP contribution in [0.3, 0.4) is 0 Å². The van der Waals surface area contributed by atoms with Gasteiger partial charge in [-0.1, -0.05) is 36.4 Å². The van der Waals surface area contributed by atoms with E-state index in [4.69, 9.17) is 4.74 Å². The van der Waals surface area contributed by atoms with Crippen LogP contribution in [0.4, 0.5) is 4.79 Å². The second-order valence-electron chi connectivity index (χ2n) is 6.23. The normalized spacial score (nSPS) is 12.5. The molecule has 0 radical (unpaired) electrons. The van der Waals surface area contributed by atoms with E-state index in [0.29, 0.717) is 11.3 Å². The van der Waals surface area contributed by atoms with Gasteiger partial charge in [0.2, 0.25) is 0 Å². The summed E-state index contributed by atoms with van der Waals surface area (Å²) >= 11 is 1.37. The maximum Gasteiger partial charge on any atom is 0.408 e. The van der Waals surface area contributed by atoms with Crippen LogP contribution in [0.15, 0.2) is 47.8 Å². The predicted octanol–water partition coefficient (Wildman–Crippen LogP) is 4.07. The second kappa shape index (κ2) is 7.42. The van der Waals surface area contributed by atoms with Crippen molar-refractivity contribution in [3.8, 4) is 0 Å². The lowest BCUT2D eigenvalue weighted by Crippen LogP contribution is -2.44. The number of alkyl carbamates (subject to hydrolysis) is 1. The highest BCUT2D eigenvalue weighted by molar-refractivity contribution is 7.12. The van der Waals surface area contributed by atoms with E-state index in [2.05, 4.69) is 5.32 Å². The molecule has 0 bridgehead atoms. The van der Waals surface area contributed by atoms with E-state index in [1.54, 1.807) is 26.8 Å². The fraction of sp³-hybridized carbons (Fsp3) is 0.333. The van der Waals surface area contributed by atoms with Gasteiger partial charge in [-0.25, -0.2) is 4.79 Å². The molecule has 1 heterocycles. The van der Waals surface area contributed by atoms with E-state index in [-0.39, 0.29) is 5.78 Å². The van der Waals surface area contributed by atoms with E-state index >= 15 is 0 Å². The second-order valence-corrected chi connectivity index (χ2v) is 7.18. The molecular weight excluding hydrogens is 310 g/mol. The molecule has 0 saturated carbocycles. The van der Waals surface area contributed by atoms with Crippen LogP contribution in [-0.4, -0.2) is 23.5 Å². The highest BCUT2D eigenvalue weighted by atomic mass is 32.1. The van der Waals surface area contributed by atoms with Crippen molar-refractivity contribution >= 4 is 23.2 Å². The summed E-state index contributed by atoms with van der Waals surface area (Å²) in [6.07, 6.45) is -0.153. The van der Waals surface area contributed by atoms with E-state index in [9.17, 15) is 9.59 Å². The first-order valence-electron chi connectivity index (χ1n) is 7.46. The number of ketones is 1. The summed E-state index contributed by atoms with van der Waals surface area (Å²) in [6, 6.07) is 12.6. The van der Waals surface area contributed by atoms with Gasteiger partial charge in [0.15, 0.2) is 5.78 Å². The molecule has 5 heteroatoms. The van der Waals surface area contributed by atoms with Gasteiger partial charge in [-0.3, -0.25) is 4.79 Å². The zero-order chi connectivity index (χ0) is 16.9. The Balaban J connectivity index is 2.14. The van der Waals surface area contributed by atoms with Crippen LogP contribution in [0.1, 0.15) is 36.0 Å². The predicted molar refractivity (Wildman–Crippen MR) is 92.0 cm³/mol. The van der Waals surface area contributed by atoms with Gasteiger partial charge in [-0.05, 0) is 37.8 Å². The summed E-state index contributed by atoms with van der Waals surface area (Å²) in [5.74, 6) is -0.102. The van der Waals surface area contributed by atoms with E-state index in [1.807, 2.05) is 41.8 Å². The third-order valence-electron chi connectivity index (χ3n) is 3.05. The Morgan fingerprint density at radius 2 is 1.83 bits per heavy atom. The number of Topliss-reactive ketones (excluding diaryl/α,β-unsaturated/α-hetero) is 1. The van der Waals surface area contributed by atoms with Crippen LogP contribution in [0, 0.1) is 0 Å². The molecule has 4 nitrogen and oxygen atoms in total. The van der Waals surface area contributed by atoms with E-state index < -0.39 is 17.7 Å². The van der Waals surface area contributed by atoms with Crippen molar-refractivity contribution in [2.45, 2.75) is 38.8 Å². The maximum absolute atomic E-state index is 12.7. The van der Waals surface area contributed by atoms with Crippen LogP contribution in [0.25, 0.3) is 0 Å². The molecule has 0 fully saturated rings. The third-order valence-corrected chi connectivity index (χ3v) is 3.94. The van der Waals surface area contributed by atoms with Crippen LogP contribution < -0.4 is 5.32 Å². The third kappa shape index (κ3) is 5.53. The number of hydrogen-bond acceptors (Lipinski definition) is 4. The molecule has 1 aromatic carbocycles.